The molecular weight excluding hydrogens is 635 g/mol. The standard InChI is InChI=1S/C12H9NO12S4.4K/c14-26(15,16)9-7-5-3-1-2-4-6(5)13-8(7)10(27(17,18)19)12(29(23,24)25)11(9)28(20,21)22;;;;/h1-4,13H,(H,14,15,16)(H,17,18,19)(H,20,21,22)(H,23,24,25);;;;/q;4*+1/p-4. The van der Waals surface area contributed by atoms with Crippen LogP contribution < -0.4 is 206 Å². The molecule has 0 aliphatic heterocycles. The summed E-state index contributed by atoms with van der Waals surface area (Å²) in [6.07, 6.45) is 0. The van der Waals surface area contributed by atoms with Gasteiger partial charge in [0.15, 0.2) is 0 Å². The van der Waals surface area contributed by atoms with Crippen molar-refractivity contribution < 1.29 is 257 Å². The Labute approximate surface area is 358 Å². The van der Waals surface area contributed by atoms with Crippen molar-refractivity contribution in [2.24, 2.45) is 0 Å². The molecule has 0 aliphatic rings. The molecule has 3 aromatic rings. The van der Waals surface area contributed by atoms with Crippen LogP contribution in [-0.2, 0) is 40.5 Å². The fourth-order valence-electron chi connectivity index (χ4n) is 2.91. The number of H-pyrrole nitrogens is 1. The molecule has 0 saturated carbocycles. The molecule has 0 amide bonds. The van der Waals surface area contributed by atoms with Gasteiger partial charge in [0.05, 0.1) is 25.1 Å². The summed E-state index contributed by atoms with van der Waals surface area (Å²) in [6, 6.07) is 4.81. The smallest absolute Gasteiger partial charge is 0.744 e. The largest absolute Gasteiger partial charge is 1.00 e. The Kier molecular flexibility index (Phi) is 16.6. The van der Waals surface area contributed by atoms with E-state index in [0.717, 1.165) is 6.07 Å². The molecule has 0 saturated heterocycles. The molecule has 33 heavy (non-hydrogen) atoms. The summed E-state index contributed by atoms with van der Waals surface area (Å²) < 4.78 is 141. The zero-order valence-electron chi connectivity index (χ0n) is 17.3. The van der Waals surface area contributed by atoms with Crippen LogP contribution in [0.15, 0.2) is 43.8 Å². The Bertz CT molecular complexity index is 1650. The van der Waals surface area contributed by atoms with Crippen molar-refractivity contribution in [1.29, 1.82) is 0 Å². The molecule has 0 spiro atoms. The van der Waals surface area contributed by atoms with Gasteiger partial charge in [0.1, 0.15) is 40.5 Å². The molecule has 1 aromatic heterocycles. The van der Waals surface area contributed by atoms with Crippen LogP contribution >= 0.6 is 0 Å². The summed E-state index contributed by atoms with van der Waals surface area (Å²) in [4.78, 5) is -6.62. The summed E-state index contributed by atoms with van der Waals surface area (Å²) in [5.41, 5.74) is -1.29. The van der Waals surface area contributed by atoms with E-state index in [1.165, 1.54) is 18.2 Å². The summed E-state index contributed by atoms with van der Waals surface area (Å²) in [5.74, 6) is 0. The second-order valence-electron chi connectivity index (χ2n) is 5.55. The van der Waals surface area contributed by atoms with Gasteiger partial charge in [0, 0.05) is 16.3 Å². The molecule has 158 valence electrons. The average molecular weight is 640 g/mol. The van der Waals surface area contributed by atoms with Crippen LogP contribution in [0.3, 0.4) is 0 Å². The van der Waals surface area contributed by atoms with Crippen molar-refractivity contribution in [3.05, 3.63) is 24.3 Å². The van der Waals surface area contributed by atoms with Gasteiger partial charge >= 0.3 is 206 Å². The van der Waals surface area contributed by atoms with Crippen LogP contribution in [0.2, 0.25) is 0 Å². The number of aromatic amines is 1. The van der Waals surface area contributed by atoms with Gasteiger partial charge in [-0.05, 0) is 6.07 Å². The third-order valence-corrected chi connectivity index (χ3v) is 7.80. The zero-order valence-corrected chi connectivity index (χ0v) is 33.1. The quantitative estimate of drug-likeness (QED) is 0.207. The van der Waals surface area contributed by atoms with Crippen LogP contribution in [0.5, 0.6) is 0 Å². The minimum absolute atomic E-state index is 0. The normalized spacial score (nSPS) is 12.2. The number of hydrogen-bond acceptors (Lipinski definition) is 12. The monoisotopic (exact) mass is 639 g/mol. The zero-order chi connectivity index (χ0) is 22.2. The van der Waals surface area contributed by atoms with E-state index < -0.39 is 71.0 Å². The van der Waals surface area contributed by atoms with E-state index in [4.69, 9.17) is 0 Å². The van der Waals surface area contributed by atoms with Crippen molar-refractivity contribution in [2.45, 2.75) is 19.6 Å². The molecule has 21 heteroatoms. The topological polar surface area (TPSA) is 245 Å². The van der Waals surface area contributed by atoms with Crippen molar-refractivity contribution in [3.63, 3.8) is 0 Å². The van der Waals surface area contributed by atoms with Crippen molar-refractivity contribution in [3.8, 4) is 0 Å². The maximum absolute atomic E-state index is 11.8. The predicted octanol–water partition coefficient (Wildman–Crippen LogP) is -13.0. The number of hydrogen-bond donors (Lipinski definition) is 1. The first-order valence-electron chi connectivity index (χ1n) is 6.89. The van der Waals surface area contributed by atoms with Gasteiger partial charge in [-0.25, -0.2) is 33.7 Å². The molecule has 3 rings (SSSR count). The van der Waals surface area contributed by atoms with Gasteiger partial charge < -0.3 is 23.2 Å². The molecule has 1 N–H and O–H groups in total. The second kappa shape index (κ2) is 13.9. The number of fused-ring (bicyclic) bond motifs is 3. The molecule has 0 bridgehead atoms. The molecule has 13 nitrogen and oxygen atoms in total. The molecular formula is C12H5K4NO12S4. The number of rotatable bonds is 4. The second-order valence-corrected chi connectivity index (χ2v) is 10.8. The van der Waals surface area contributed by atoms with E-state index in [1.807, 2.05) is 0 Å². The Balaban J connectivity index is 0. The van der Waals surface area contributed by atoms with Crippen LogP contribution in [0.25, 0.3) is 21.8 Å². The number of aromatic nitrogens is 1. The van der Waals surface area contributed by atoms with Crippen molar-refractivity contribution in [1.82, 2.24) is 4.98 Å². The molecule has 1 heterocycles. The van der Waals surface area contributed by atoms with Crippen molar-refractivity contribution in [2.75, 3.05) is 0 Å². The third kappa shape index (κ3) is 8.46. The Morgan fingerprint density at radius 3 is 1.30 bits per heavy atom. The first-order chi connectivity index (χ1) is 13.0. The first kappa shape index (κ1) is 39.6. The van der Waals surface area contributed by atoms with E-state index >= 15 is 0 Å². The summed E-state index contributed by atoms with van der Waals surface area (Å²) in [6.45, 7) is 0. The van der Waals surface area contributed by atoms with E-state index in [2.05, 4.69) is 4.98 Å². The molecule has 0 fully saturated rings. The molecule has 0 aliphatic carbocycles. The van der Waals surface area contributed by atoms with Crippen LogP contribution in [0.4, 0.5) is 0 Å². The van der Waals surface area contributed by atoms with Gasteiger partial charge in [-0.3, -0.25) is 0 Å². The van der Waals surface area contributed by atoms with Gasteiger partial charge in [-0.15, -0.1) is 0 Å². The number of benzene rings is 2. The van der Waals surface area contributed by atoms with E-state index in [9.17, 15) is 51.9 Å². The Hall–Kier alpha value is 4.43. The molecule has 0 unspecified atom stereocenters. The fourth-order valence-corrected chi connectivity index (χ4v) is 7.72. The number of para-hydroxylation sites is 1. The summed E-state index contributed by atoms with van der Waals surface area (Å²) in [5, 5.41) is -1.37. The average Bonchev–Trinajstić information content (AvgIpc) is 2.87. The van der Waals surface area contributed by atoms with Crippen molar-refractivity contribution >= 4 is 62.3 Å². The van der Waals surface area contributed by atoms with Gasteiger partial charge in [0.2, 0.25) is 0 Å². The van der Waals surface area contributed by atoms with E-state index in [1.54, 1.807) is 0 Å². The molecule has 2 aromatic carbocycles. The maximum Gasteiger partial charge on any atom is 1.00 e. The van der Waals surface area contributed by atoms with E-state index in [-0.39, 0.29) is 216 Å². The minimum atomic E-state index is -6.28. The van der Waals surface area contributed by atoms with Gasteiger partial charge in [0.25, 0.3) is 0 Å². The maximum atomic E-state index is 11.8. The Morgan fingerprint density at radius 2 is 0.909 bits per heavy atom. The van der Waals surface area contributed by atoms with Gasteiger partial charge in [-0.1, -0.05) is 18.2 Å². The number of nitrogens with one attached hydrogen (secondary N) is 1. The fraction of sp³-hybridized carbons (Fsp3) is 0. The van der Waals surface area contributed by atoms with Crippen LogP contribution in [0, 0.1) is 0 Å². The predicted molar refractivity (Wildman–Crippen MR) is 87.7 cm³/mol. The van der Waals surface area contributed by atoms with Crippen LogP contribution in [-0.4, -0.2) is 56.9 Å². The first-order valence-corrected chi connectivity index (χ1v) is 12.5. The third-order valence-electron chi connectivity index (χ3n) is 3.78. The summed E-state index contributed by atoms with van der Waals surface area (Å²) >= 11 is 0. The van der Waals surface area contributed by atoms with E-state index in [0.29, 0.717) is 0 Å². The molecule has 0 atom stereocenters. The van der Waals surface area contributed by atoms with Crippen LogP contribution in [0.1, 0.15) is 0 Å². The van der Waals surface area contributed by atoms with Gasteiger partial charge in [-0.2, -0.15) is 0 Å². The SMILES string of the molecule is O=S(=O)([O-])c1c(S(=O)(=O)[O-])c(S(=O)(=O)[O-])c2c([nH]c3ccccc32)c1S(=O)(=O)[O-].[K+].[K+].[K+].[K+]. The Morgan fingerprint density at radius 1 is 0.545 bits per heavy atom. The molecule has 0 radical (unpaired) electrons. The minimum Gasteiger partial charge on any atom is -0.744 e. The summed E-state index contributed by atoms with van der Waals surface area (Å²) in [7, 11) is -24.5.